The lowest BCUT2D eigenvalue weighted by molar-refractivity contribution is 0.307. The summed E-state index contributed by atoms with van der Waals surface area (Å²) < 4.78 is 1.90. The number of rotatable bonds is 3. The van der Waals surface area contributed by atoms with Crippen LogP contribution in [-0.2, 0) is 6.54 Å². The number of hydrogen-bond donors (Lipinski definition) is 0. The molecule has 20 heavy (non-hydrogen) atoms. The Morgan fingerprint density at radius 2 is 2.25 bits per heavy atom. The van der Waals surface area contributed by atoms with E-state index in [1.807, 2.05) is 24.0 Å². The SMILES string of the molecule is Cc1cnc(CN2CCC(n3cc(C#N)cn3)C2)cn1. The highest BCUT2D eigenvalue weighted by Gasteiger charge is 2.24. The molecular formula is C14H16N6. The molecule has 1 unspecified atom stereocenters. The molecule has 102 valence electrons. The fourth-order valence-electron chi connectivity index (χ4n) is 2.50. The van der Waals surface area contributed by atoms with E-state index in [9.17, 15) is 0 Å². The van der Waals surface area contributed by atoms with Crippen LogP contribution in [0.2, 0.25) is 0 Å². The van der Waals surface area contributed by atoms with E-state index in [-0.39, 0.29) is 0 Å². The van der Waals surface area contributed by atoms with Crippen molar-refractivity contribution in [1.29, 1.82) is 5.26 Å². The van der Waals surface area contributed by atoms with E-state index in [2.05, 4.69) is 26.0 Å². The van der Waals surface area contributed by atoms with Gasteiger partial charge < -0.3 is 0 Å². The van der Waals surface area contributed by atoms with Crippen LogP contribution in [0.1, 0.15) is 29.4 Å². The Morgan fingerprint density at radius 3 is 2.95 bits per heavy atom. The van der Waals surface area contributed by atoms with E-state index in [1.165, 1.54) is 0 Å². The summed E-state index contributed by atoms with van der Waals surface area (Å²) in [6, 6.07) is 2.46. The third-order valence-corrected chi connectivity index (χ3v) is 3.57. The van der Waals surface area contributed by atoms with Crippen LogP contribution in [0, 0.1) is 18.3 Å². The molecule has 0 aliphatic carbocycles. The maximum atomic E-state index is 8.83. The van der Waals surface area contributed by atoms with Gasteiger partial charge in [0.25, 0.3) is 0 Å². The fourth-order valence-corrected chi connectivity index (χ4v) is 2.50. The minimum Gasteiger partial charge on any atom is -0.295 e. The molecule has 0 spiro atoms. The van der Waals surface area contributed by atoms with Gasteiger partial charge in [-0.15, -0.1) is 0 Å². The summed E-state index contributed by atoms with van der Waals surface area (Å²) in [5, 5.41) is 13.1. The Bertz CT molecular complexity index is 624. The fraction of sp³-hybridized carbons (Fsp3) is 0.429. The van der Waals surface area contributed by atoms with Gasteiger partial charge in [0.15, 0.2) is 0 Å². The van der Waals surface area contributed by atoms with Crippen LogP contribution in [-0.4, -0.2) is 37.7 Å². The lowest BCUT2D eigenvalue weighted by Crippen LogP contribution is -2.22. The molecule has 0 N–H and O–H groups in total. The lowest BCUT2D eigenvalue weighted by Gasteiger charge is -2.15. The van der Waals surface area contributed by atoms with E-state index >= 15 is 0 Å². The molecule has 3 heterocycles. The predicted octanol–water partition coefficient (Wildman–Crippen LogP) is 1.30. The Morgan fingerprint density at radius 1 is 1.35 bits per heavy atom. The lowest BCUT2D eigenvalue weighted by atomic mass is 10.3. The standard InChI is InChI=1S/C14H16N6/c1-11-5-17-13(7-16-11)9-19-3-2-14(10-19)20-8-12(4-15)6-18-20/h5-8,14H,2-3,9-10H2,1H3. The molecule has 0 radical (unpaired) electrons. The van der Waals surface area contributed by atoms with Crippen LogP contribution in [0.15, 0.2) is 24.8 Å². The van der Waals surface area contributed by atoms with Crippen LogP contribution < -0.4 is 0 Å². The van der Waals surface area contributed by atoms with Gasteiger partial charge in [-0.2, -0.15) is 10.4 Å². The van der Waals surface area contributed by atoms with Gasteiger partial charge >= 0.3 is 0 Å². The Kier molecular flexibility index (Phi) is 3.44. The maximum Gasteiger partial charge on any atom is 0.102 e. The molecule has 0 aromatic carbocycles. The van der Waals surface area contributed by atoms with Gasteiger partial charge in [0.2, 0.25) is 0 Å². The third kappa shape index (κ3) is 2.68. The second kappa shape index (κ2) is 5.39. The van der Waals surface area contributed by atoms with E-state index in [4.69, 9.17) is 5.26 Å². The highest BCUT2D eigenvalue weighted by molar-refractivity contribution is 5.22. The highest BCUT2D eigenvalue weighted by Crippen LogP contribution is 2.22. The van der Waals surface area contributed by atoms with E-state index in [0.29, 0.717) is 11.6 Å². The molecule has 6 heteroatoms. The second-order valence-electron chi connectivity index (χ2n) is 5.15. The first-order valence-corrected chi connectivity index (χ1v) is 6.69. The number of likely N-dealkylation sites (tertiary alicyclic amines) is 1. The molecule has 6 nitrogen and oxygen atoms in total. The first kappa shape index (κ1) is 12.8. The molecule has 1 atom stereocenters. The number of nitrogens with zero attached hydrogens (tertiary/aromatic N) is 6. The third-order valence-electron chi connectivity index (χ3n) is 3.57. The van der Waals surface area contributed by atoms with Gasteiger partial charge in [0.1, 0.15) is 6.07 Å². The summed E-state index contributed by atoms with van der Waals surface area (Å²) in [6.45, 7) is 4.70. The summed E-state index contributed by atoms with van der Waals surface area (Å²) >= 11 is 0. The topological polar surface area (TPSA) is 70.6 Å². The molecule has 2 aromatic rings. The zero-order chi connectivity index (χ0) is 13.9. The zero-order valence-corrected chi connectivity index (χ0v) is 11.4. The minimum absolute atomic E-state index is 0.343. The maximum absolute atomic E-state index is 8.83. The van der Waals surface area contributed by atoms with Gasteiger partial charge in [0.05, 0.1) is 29.2 Å². The van der Waals surface area contributed by atoms with Crippen LogP contribution in [0.3, 0.4) is 0 Å². The van der Waals surface area contributed by atoms with Crippen molar-refractivity contribution in [3.8, 4) is 6.07 Å². The highest BCUT2D eigenvalue weighted by atomic mass is 15.3. The summed E-state index contributed by atoms with van der Waals surface area (Å²) in [7, 11) is 0. The Labute approximate surface area is 117 Å². The van der Waals surface area contributed by atoms with Crippen molar-refractivity contribution in [3.05, 3.63) is 41.7 Å². The average Bonchev–Trinajstić information content (AvgIpc) is 3.10. The summed E-state index contributed by atoms with van der Waals surface area (Å²) in [4.78, 5) is 11.0. The monoisotopic (exact) mass is 268 g/mol. The van der Waals surface area contributed by atoms with Gasteiger partial charge in [-0.25, -0.2) is 0 Å². The minimum atomic E-state index is 0.343. The van der Waals surface area contributed by atoms with Crippen LogP contribution in [0.4, 0.5) is 0 Å². The van der Waals surface area contributed by atoms with Crippen LogP contribution >= 0.6 is 0 Å². The van der Waals surface area contributed by atoms with Crippen molar-refractivity contribution >= 4 is 0 Å². The summed E-state index contributed by atoms with van der Waals surface area (Å²) in [5.41, 5.74) is 2.55. The quantitative estimate of drug-likeness (QED) is 0.839. The molecule has 0 amide bonds. The van der Waals surface area contributed by atoms with Gasteiger partial charge in [-0.05, 0) is 13.3 Å². The van der Waals surface area contributed by atoms with Crippen molar-refractivity contribution in [2.45, 2.75) is 25.9 Å². The van der Waals surface area contributed by atoms with Crippen LogP contribution in [0.25, 0.3) is 0 Å². The zero-order valence-electron chi connectivity index (χ0n) is 11.4. The molecule has 3 rings (SSSR count). The molecule has 0 saturated carbocycles. The van der Waals surface area contributed by atoms with Crippen molar-refractivity contribution in [2.75, 3.05) is 13.1 Å². The number of aromatic nitrogens is 4. The van der Waals surface area contributed by atoms with E-state index < -0.39 is 0 Å². The first-order valence-electron chi connectivity index (χ1n) is 6.69. The largest absolute Gasteiger partial charge is 0.295 e. The number of hydrogen-bond acceptors (Lipinski definition) is 5. The van der Waals surface area contributed by atoms with Crippen molar-refractivity contribution < 1.29 is 0 Å². The number of nitriles is 1. The van der Waals surface area contributed by atoms with Gasteiger partial charge in [0, 0.05) is 38.2 Å². The first-order chi connectivity index (χ1) is 9.74. The van der Waals surface area contributed by atoms with Gasteiger partial charge in [-0.3, -0.25) is 19.5 Å². The normalized spacial score (nSPS) is 19.1. The van der Waals surface area contributed by atoms with Crippen molar-refractivity contribution in [3.63, 3.8) is 0 Å². The molecule has 0 bridgehead atoms. The Hall–Kier alpha value is -2.26. The molecule has 1 saturated heterocycles. The van der Waals surface area contributed by atoms with Crippen molar-refractivity contribution in [1.82, 2.24) is 24.6 Å². The second-order valence-corrected chi connectivity index (χ2v) is 5.15. The smallest absolute Gasteiger partial charge is 0.102 e. The van der Waals surface area contributed by atoms with Crippen molar-refractivity contribution in [2.24, 2.45) is 0 Å². The van der Waals surface area contributed by atoms with Crippen LogP contribution in [0.5, 0.6) is 0 Å². The molecule has 1 fully saturated rings. The predicted molar refractivity (Wildman–Crippen MR) is 72.6 cm³/mol. The molecule has 1 aliphatic rings. The summed E-state index contributed by atoms with van der Waals surface area (Å²) in [5.74, 6) is 0. The van der Waals surface area contributed by atoms with Gasteiger partial charge in [-0.1, -0.05) is 0 Å². The van der Waals surface area contributed by atoms with E-state index in [1.54, 1.807) is 12.4 Å². The molecule has 1 aliphatic heterocycles. The molecular weight excluding hydrogens is 252 g/mol. The van der Waals surface area contributed by atoms with E-state index in [0.717, 1.165) is 37.4 Å². The average molecular weight is 268 g/mol. The summed E-state index contributed by atoms with van der Waals surface area (Å²) in [6.07, 6.45) is 8.12. The number of aryl methyl sites for hydroxylation is 1. The molecule has 2 aromatic heterocycles. The Balaban J connectivity index is 1.62.